The van der Waals surface area contributed by atoms with Crippen LogP contribution in [-0.2, 0) is 5.72 Å². The summed E-state index contributed by atoms with van der Waals surface area (Å²) >= 11 is 1.71. The zero-order valence-electron chi connectivity index (χ0n) is 8.85. The summed E-state index contributed by atoms with van der Waals surface area (Å²) in [5, 5.41) is 10.7. The highest BCUT2D eigenvalue weighted by atomic mass is 32.2. The van der Waals surface area contributed by atoms with Crippen molar-refractivity contribution < 1.29 is 9.90 Å². The first-order valence-electron chi connectivity index (χ1n) is 5.45. The molecule has 1 aromatic rings. The predicted molar refractivity (Wildman–Crippen MR) is 63.3 cm³/mol. The van der Waals surface area contributed by atoms with Gasteiger partial charge in [-0.1, -0.05) is 18.2 Å². The molecule has 1 aromatic carbocycles. The number of benzene rings is 1. The van der Waals surface area contributed by atoms with Crippen molar-refractivity contribution in [2.45, 2.75) is 12.1 Å². The van der Waals surface area contributed by atoms with E-state index in [1.807, 2.05) is 18.2 Å². The standard InChI is InChI=1S/C12H13NO2S/c14-11-9-4-1-2-5-10(9)12(15)8-16-7-3-6-13(11)12/h1-2,4-5,15H,3,6-8H2. The molecule has 1 amide bonds. The molecule has 3 nitrogen and oxygen atoms in total. The molecule has 1 atom stereocenters. The Bertz CT molecular complexity index is 448. The van der Waals surface area contributed by atoms with Gasteiger partial charge < -0.3 is 10.0 Å². The lowest BCUT2D eigenvalue weighted by atomic mass is 10.0. The number of carbonyl (C=O) groups excluding carboxylic acids is 1. The van der Waals surface area contributed by atoms with Gasteiger partial charge in [-0.3, -0.25) is 4.79 Å². The summed E-state index contributed by atoms with van der Waals surface area (Å²) in [5.41, 5.74) is 0.358. The number of thioether (sulfide) groups is 1. The molecular weight excluding hydrogens is 222 g/mol. The van der Waals surface area contributed by atoms with Crippen LogP contribution in [0.1, 0.15) is 22.3 Å². The summed E-state index contributed by atoms with van der Waals surface area (Å²) < 4.78 is 0. The molecule has 1 saturated heterocycles. The predicted octanol–water partition coefficient (Wildman–Crippen LogP) is 1.42. The first-order valence-corrected chi connectivity index (χ1v) is 6.60. The Morgan fingerprint density at radius 3 is 3.06 bits per heavy atom. The number of carbonyl (C=O) groups is 1. The van der Waals surface area contributed by atoms with Crippen molar-refractivity contribution in [3.8, 4) is 0 Å². The third-order valence-electron chi connectivity index (χ3n) is 3.25. The van der Waals surface area contributed by atoms with E-state index >= 15 is 0 Å². The third-order valence-corrected chi connectivity index (χ3v) is 4.44. The molecule has 1 N–H and O–H groups in total. The van der Waals surface area contributed by atoms with Gasteiger partial charge in [0.1, 0.15) is 0 Å². The summed E-state index contributed by atoms with van der Waals surface area (Å²) in [6.07, 6.45) is 0.951. The van der Waals surface area contributed by atoms with Gasteiger partial charge in [0.25, 0.3) is 5.91 Å². The summed E-state index contributed by atoms with van der Waals surface area (Å²) in [4.78, 5) is 13.8. The highest BCUT2D eigenvalue weighted by Crippen LogP contribution is 2.40. The van der Waals surface area contributed by atoms with Gasteiger partial charge in [0.05, 0.1) is 0 Å². The van der Waals surface area contributed by atoms with Crippen LogP contribution in [0.4, 0.5) is 0 Å². The highest BCUT2D eigenvalue weighted by Gasteiger charge is 2.48. The number of fused-ring (bicyclic) bond motifs is 3. The van der Waals surface area contributed by atoms with E-state index < -0.39 is 5.72 Å². The van der Waals surface area contributed by atoms with Crippen LogP contribution in [0.25, 0.3) is 0 Å². The van der Waals surface area contributed by atoms with Gasteiger partial charge in [0, 0.05) is 23.4 Å². The van der Waals surface area contributed by atoms with Gasteiger partial charge >= 0.3 is 0 Å². The lowest BCUT2D eigenvalue weighted by molar-refractivity contribution is -0.0624. The van der Waals surface area contributed by atoms with Crippen LogP contribution in [0.2, 0.25) is 0 Å². The highest BCUT2D eigenvalue weighted by molar-refractivity contribution is 7.99. The minimum atomic E-state index is -1.07. The molecule has 0 bridgehead atoms. The number of aliphatic hydroxyl groups is 1. The molecule has 2 aliphatic heterocycles. The van der Waals surface area contributed by atoms with Crippen molar-refractivity contribution in [3.05, 3.63) is 35.4 Å². The second-order valence-electron chi connectivity index (χ2n) is 4.23. The van der Waals surface area contributed by atoms with Crippen LogP contribution in [0.5, 0.6) is 0 Å². The average molecular weight is 235 g/mol. The number of hydrogen-bond acceptors (Lipinski definition) is 3. The summed E-state index contributed by atoms with van der Waals surface area (Å²) in [6, 6.07) is 7.39. The molecular formula is C12H13NO2S. The van der Waals surface area contributed by atoms with E-state index in [0.717, 1.165) is 17.7 Å². The fraction of sp³-hybridized carbons (Fsp3) is 0.417. The topological polar surface area (TPSA) is 40.5 Å². The second kappa shape index (κ2) is 3.50. The Hall–Kier alpha value is -1.00. The Kier molecular flexibility index (Phi) is 2.23. The van der Waals surface area contributed by atoms with E-state index in [0.29, 0.717) is 17.9 Å². The molecule has 0 radical (unpaired) electrons. The lowest BCUT2D eigenvalue weighted by Gasteiger charge is -2.31. The van der Waals surface area contributed by atoms with Crippen LogP contribution >= 0.6 is 11.8 Å². The molecule has 1 unspecified atom stereocenters. The molecule has 0 aromatic heterocycles. The Balaban J connectivity index is 2.16. The molecule has 0 saturated carbocycles. The first-order chi connectivity index (χ1) is 7.73. The normalized spacial score (nSPS) is 28.6. The van der Waals surface area contributed by atoms with Crippen LogP contribution in [0.15, 0.2) is 24.3 Å². The summed E-state index contributed by atoms with van der Waals surface area (Å²) in [6.45, 7) is 0.650. The number of amides is 1. The molecule has 2 heterocycles. The third kappa shape index (κ3) is 1.23. The molecule has 84 valence electrons. The monoisotopic (exact) mass is 235 g/mol. The van der Waals surface area contributed by atoms with Crippen molar-refractivity contribution >= 4 is 17.7 Å². The average Bonchev–Trinajstić information content (AvgIpc) is 2.46. The van der Waals surface area contributed by atoms with Gasteiger partial charge in [0.15, 0.2) is 5.72 Å². The van der Waals surface area contributed by atoms with Gasteiger partial charge in [-0.15, -0.1) is 0 Å². The van der Waals surface area contributed by atoms with Crippen LogP contribution < -0.4 is 0 Å². The minimum Gasteiger partial charge on any atom is -0.366 e. The summed E-state index contributed by atoms with van der Waals surface area (Å²) in [5.74, 6) is 1.56. The van der Waals surface area contributed by atoms with E-state index in [1.54, 1.807) is 22.7 Å². The zero-order valence-corrected chi connectivity index (χ0v) is 9.67. The van der Waals surface area contributed by atoms with Gasteiger partial charge in [-0.2, -0.15) is 11.8 Å². The molecule has 0 aliphatic carbocycles. The van der Waals surface area contributed by atoms with Crippen molar-refractivity contribution in [2.24, 2.45) is 0 Å². The van der Waals surface area contributed by atoms with Crippen molar-refractivity contribution in [1.82, 2.24) is 4.90 Å². The van der Waals surface area contributed by atoms with Crippen molar-refractivity contribution in [1.29, 1.82) is 0 Å². The van der Waals surface area contributed by atoms with Crippen LogP contribution in [0.3, 0.4) is 0 Å². The molecule has 1 fully saturated rings. The van der Waals surface area contributed by atoms with Crippen molar-refractivity contribution in [2.75, 3.05) is 18.1 Å². The SMILES string of the molecule is O=C1c2ccccc2C2(O)CSCCCN12. The van der Waals surface area contributed by atoms with Crippen molar-refractivity contribution in [3.63, 3.8) is 0 Å². The van der Waals surface area contributed by atoms with E-state index in [4.69, 9.17) is 0 Å². The maximum absolute atomic E-state index is 12.1. The summed E-state index contributed by atoms with van der Waals surface area (Å²) in [7, 11) is 0. The smallest absolute Gasteiger partial charge is 0.256 e. The molecule has 0 spiro atoms. The van der Waals surface area contributed by atoms with Crippen LogP contribution in [-0.4, -0.2) is 34.0 Å². The fourth-order valence-electron chi connectivity index (χ4n) is 2.46. The Labute approximate surface area is 98.4 Å². The number of rotatable bonds is 0. The van der Waals surface area contributed by atoms with Gasteiger partial charge in [-0.05, 0) is 18.2 Å². The van der Waals surface area contributed by atoms with E-state index in [-0.39, 0.29) is 5.91 Å². The van der Waals surface area contributed by atoms with Gasteiger partial charge in [0.2, 0.25) is 0 Å². The number of nitrogens with zero attached hydrogens (tertiary/aromatic N) is 1. The quantitative estimate of drug-likeness (QED) is 0.739. The molecule has 3 rings (SSSR count). The zero-order chi connectivity index (χ0) is 11.2. The maximum Gasteiger partial charge on any atom is 0.256 e. The van der Waals surface area contributed by atoms with E-state index in [1.165, 1.54) is 0 Å². The number of hydrogen-bond donors (Lipinski definition) is 1. The largest absolute Gasteiger partial charge is 0.366 e. The van der Waals surface area contributed by atoms with E-state index in [9.17, 15) is 9.90 Å². The molecule has 4 heteroatoms. The van der Waals surface area contributed by atoms with Crippen LogP contribution in [0, 0.1) is 0 Å². The molecule has 16 heavy (non-hydrogen) atoms. The molecule has 2 aliphatic rings. The Morgan fingerprint density at radius 2 is 2.19 bits per heavy atom. The maximum atomic E-state index is 12.1. The second-order valence-corrected chi connectivity index (χ2v) is 5.33. The fourth-order valence-corrected chi connectivity index (χ4v) is 3.53. The van der Waals surface area contributed by atoms with Gasteiger partial charge in [-0.25, -0.2) is 0 Å². The Morgan fingerprint density at radius 1 is 1.38 bits per heavy atom. The first kappa shape index (κ1) is 10.2. The lowest BCUT2D eigenvalue weighted by Crippen LogP contribution is -2.45. The minimum absolute atomic E-state index is 0.0272. The van der Waals surface area contributed by atoms with E-state index in [2.05, 4.69) is 0 Å².